The minimum absolute atomic E-state index is 0.182. The molecule has 1 saturated carbocycles. The fourth-order valence-electron chi connectivity index (χ4n) is 2.51. The van der Waals surface area contributed by atoms with E-state index in [1.165, 1.54) is 24.0 Å². The lowest BCUT2D eigenvalue weighted by atomic mass is 10.0. The van der Waals surface area contributed by atoms with Crippen molar-refractivity contribution in [2.75, 3.05) is 24.5 Å². The number of nitrogens with one attached hydrogen (secondary N) is 1. The third-order valence-corrected chi connectivity index (χ3v) is 3.68. The fourth-order valence-corrected chi connectivity index (χ4v) is 2.51. The molecule has 2 fully saturated rings. The largest absolute Gasteiger partial charge is 0.310 e. The summed E-state index contributed by atoms with van der Waals surface area (Å²) in [5, 5.41) is 3.10. The number of hydrogen-bond acceptors (Lipinski definition) is 2. The first-order valence-corrected chi connectivity index (χ1v) is 6.37. The first kappa shape index (κ1) is 10.8. The Hall–Kier alpha value is -1.35. The summed E-state index contributed by atoms with van der Waals surface area (Å²) in [6.45, 7) is 4.30. The highest BCUT2D eigenvalue weighted by Crippen LogP contribution is 2.42. The molecule has 17 heavy (non-hydrogen) atoms. The zero-order chi connectivity index (χ0) is 11.8. The van der Waals surface area contributed by atoms with Crippen molar-refractivity contribution in [3.8, 4) is 0 Å². The highest BCUT2D eigenvalue weighted by molar-refractivity contribution is 5.95. The van der Waals surface area contributed by atoms with Gasteiger partial charge in [0.1, 0.15) is 0 Å². The summed E-state index contributed by atoms with van der Waals surface area (Å²) >= 11 is 0. The lowest BCUT2D eigenvalue weighted by Crippen LogP contribution is -2.48. The number of rotatable bonds is 2. The molecule has 0 spiro atoms. The maximum atomic E-state index is 11.8. The Morgan fingerprint density at radius 1 is 1.35 bits per heavy atom. The van der Waals surface area contributed by atoms with Crippen LogP contribution in [0.15, 0.2) is 18.2 Å². The van der Waals surface area contributed by atoms with Crippen LogP contribution >= 0.6 is 0 Å². The molecule has 0 bridgehead atoms. The van der Waals surface area contributed by atoms with E-state index >= 15 is 0 Å². The average Bonchev–Trinajstić information content (AvgIpc) is 3.15. The zero-order valence-corrected chi connectivity index (χ0v) is 10.2. The van der Waals surface area contributed by atoms with Crippen LogP contribution in [-0.4, -0.2) is 25.5 Å². The average molecular weight is 230 g/mol. The van der Waals surface area contributed by atoms with Crippen LogP contribution in [0.2, 0.25) is 0 Å². The van der Waals surface area contributed by atoms with Crippen molar-refractivity contribution in [2.24, 2.45) is 0 Å². The normalized spacial score (nSPS) is 20.8. The summed E-state index contributed by atoms with van der Waals surface area (Å²) in [5.74, 6) is 0.926. The molecule has 1 aromatic rings. The Morgan fingerprint density at radius 2 is 2.18 bits per heavy atom. The summed E-state index contributed by atoms with van der Waals surface area (Å²) in [6, 6.07) is 6.44. The van der Waals surface area contributed by atoms with E-state index in [0.29, 0.717) is 6.54 Å². The second-order valence-corrected chi connectivity index (χ2v) is 5.04. The van der Waals surface area contributed by atoms with Crippen LogP contribution in [-0.2, 0) is 4.79 Å². The van der Waals surface area contributed by atoms with Crippen molar-refractivity contribution < 1.29 is 4.79 Å². The highest BCUT2D eigenvalue weighted by Gasteiger charge is 2.27. The van der Waals surface area contributed by atoms with Crippen LogP contribution in [0.1, 0.15) is 29.9 Å². The highest BCUT2D eigenvalue weighted by atomic mass is 16.2. The van der Waals surface area contributed by atoms with Gasteiger partial charge in [-0.25, -0.2) is 0 Å². The molecular weight excluding hydrogens is 212 g/mol. The zero-order valence-electron chi connectivity index (χ0n) is 10.2. The van der Waals surface area contributed by atoms with Gasteiger partial charge in [0.2, 0.25) is 5.91 Å². The molecule has 0 radical (unpaired) electrons. The second-order valence-electron chi connectivity index (χ2n) is 5.04. The summed E-state index contributed by atoms with van der Waals surface area (Å²) in [5.41, 5.74) is 3.87. The van der Waals surface area contributed by atoms with Crippen molar-refractivity contribution in [2.45, 2.75) is 25.7 Å². The van der Waals surface area contributed by atoms with E-state index in [4.69, 9.17) is 0 Å². The molecule has 3 heteroatoms. The van der Waals surface area contributed by atoms with E-state index in [-0.39, 0.29) is 5.91 Å². The topological polar surface area (TPSA) is 32.3 Å². The van der Waals surface area contributed by atoms with Crippen molar-refractivity contribution in [1.29, 1.82) is 0 Å². The van der Waals surface area contributed by atoms with Gasteiger partial charge in [-0.05, 0) is 48.9 Å². The number of anilines is 1. The molecular formula is C14H18N2O. The monoisotopic (exact) mass is 230 g/mol. The summed E-state index contributed by atoms with van der Waals surface area (Å²) in [7, 11) is 0. The van der Waals surface area contributed by atoms with Crippen molar-refractivity contribution >= 4 is 11.6 Å². The van der Waals surface area contributed by atoms with E-state index < -0.39 is 0 Å². The number of aryl methyl sites for hydroxylation is 1. The van der Waals surface area contributed by atoms with Crippen molar-refractivity contribution in [1.82, 2.24) is 5.32 Å². The molecule has 3 rings (SSSR count). The standard InChI is InChI=1S/C14H18N2O/c1-10-2-5-12(8-13(10)11-3-4-11)16-7-6-15-9-14(16)17/h2,5,8,11,15H,3-4,6-7,9H2,1H3. The van der Waals surface area contributed by atoms with Gasteiger partial charge < -0.3 is 10.2 Å². The van der Waals surface area contributed by atoms with E-state index in [1.54, 1.807) is 0 Å². The molecule has 1 amide bonds. The minimum Gasteiger partial charge on any atom is -0.310 e. The Kier molecular flexibility index (Phi) is 2.63. The fraction of sp³-hybridized carbons (Fsp3) is 0.500. The first-order valence-electron chi connectivity index (χ1n) is 6.37. The van der Waals surface area contributed by atoms with Gasteiger partial charge in [0.25, 0.3) is 0 Å². The van der Waals surface area contributed by atoms with Crippen LogP contribution in [0.25, 0.3) is 0 Å². The van der Waals surface area contributed by atoms with Gasteiger partial charge in [-0.2, -0.15) is 0 Å². The summed E-state index contributed by atoms with van der Waals surface area (Å²) in [4.78, 5) is 13.7. The van der Waals surface area contributed by atoms with Gasteiger partial charge in [-0.1, -0.05) is 6.07 Å². The minimum atomic E-state index is 0.182. The summed E-state index contributed by atoms with van der Waals surface area (Å²) in [6.07, 6.45) is 2.61. The number of carbonyl (C=O) groups excluding carboxylic acids is 1. The second kappa shape index (κ2) is 4.15. The van der Waals surface area contributed by atoms with Crippen LogP contribution < -0.4 is 10.2 Å². The van der Waals surface area contributed by atoms with Crippen LogP contribution in [0.3, 0.4) is 0 Å². The molecule has 90 valence electrons. The van der Waals surface area contributed by atoms with E-state index in [1.807, 2.05) is 4.90 Å². The maximum absolute atomic E-state index is 11.8. The molecule has 0 atom stereocenters. The number of carbonyl (C=O) groups is 1. The Bertz CT molecular complexity index is 452. The SMILES string of the molecule is Cc1ccc(N2CCNCC2=O)cc1C1CC1. The third-order valence-electron chi connectivity index (χ3n) is 3.68. The van der Waals surface area contributed by atoms with E-state index in [2.05, 4.69) is 30.4 Å². The van der Waals surface area contributed by atoms with Crippen LogP contribution in [0.5, 0.6) is 0 Å². The first-order chi connectivity index (χ1) is 8.25. The lowest BCUT2D eigenvalue weighted by Gasteiger charge is -2.28. The molecule has 1 aliphatic heterocycles. The Balaban J connectivity index is 1.91. The Morgan fingerprint density at radius 3 is 2.88 bits per heavy atom. The number of nitrogens with zero attached hydrogens (tertiary/aromatic N) is 1. The smallest absolute Gasteiger partial charge is 0.240 e. The van der Waals surface area contributed by atoms with E-state index in [0.717, 1.165) is 24.7 Å². The summed E-state index contributed by atoms with van der Waals surface area (Å²) < 4.78 is 0. The number of hydrogen-bond donors (Lipinski definition) is 1. The third kappa shape index (κ3) is 2.07. The van der Waals surface area contributed by atoms with Gasteiger partial charge in [-0.15, -0.1) is 0 Å². The van der Waals surface area contributed by atoms with Gasteiger partial charge >= 0.3 is 0 Å². The predicted octanol–water partition coefficient (Wildman–Crippen LogP) is 1.81. The van der Waals surface area contributed by atoms with Gasteiger partial charge in [0.05, 0.1) is 6.54 Å². The number of amides is 1. The van der Waals surface area contributed by atoms with Crippen molar-refractivity contribution in [3.63, 3.8) is 0 Å². The molecule has 1 saturated heterocycles. The quantitative estimate of drug-likeness (QED) is 0.840. The molecule has 1 heterocycles. The Labute approximate surface area is 102 Å². The molecule has 2 aliphatic rings. The van der Waals surface area contributed by atoms with Crippen LogP contribution in [0.4, 0.5) is 5.69 Å². The van der Waals surface area contributed by atoms with Gasteiger partial charge in [-0.3, -0.25) is 4.79 Å². The molecule has 1 aliphatic carbocycles. The molecule has 0 aromatic heterocycles. The predicted molar refractivity (Wildman–Crippen MR) is 68.4 cm³/mol. The molecule has 0 unspecified atom stereocenters. The van der Waals surface area contributed by atoms with Crippen molar-refractivity contribution in [3.05, 3.63) is 29.3 Å². The number of piperazine rings is 1. The van der Waals surface area contributed by atoms with Gasteiger partial charge in [0.15, 0.2) is 0 Å². The maximum Gasteiger partial charge on any atom is 0.240 e. The molecule has 1 aromatic carbocycles. The lowest BCUT2D eigenvalue weighted by molar-refractivity contribution is -0.118. The molecule has 1 N–H and O–H groups in total. The van der Waals surface area contributed by atoms with E-state index in [9.17, 15) is 4.79 Å². The van der Waals surface area contributed by atoms with Gasteiger partial charge in [0, 0.05) is 18.8 Å². The number of benzene rings is 1. The molecule has 3 nitrogen and oxygen atoms in total. The van der Waals surface area contributed by atoms with Crippen LogP contribution in [0, 0.1) is 6.92 Å².